The largest absolute Gasteiger partial charge is 0.488 e. The lowest BCUT2D eigenvalue weighted by atomic mass is 10.1. The van der Waals surface area contributed by atoms with Crippen molar-refractivity contribution >= 4 is 21.9 Å². The highest BCUT2D eigenvalue weighted by Crippen LogP contribution is 2.35. The van der Waals surface area contributed by atoms with E-state index < -0.39 is 0 Å². The van der Waals surface area contributed by atoms with Gasteiger partial charge in [-0.3, -0.25) is 0 Å². The summed E-state index contributed by atoms with van der Waals surface area (Å²) in [6, 6.07) is 26.5. The fraction of sp³-hybridized carbons (Fsp3) is 0.115. The number of para-hydroxylation sites is 1. The summed E-state index contributed by atoms with van der Waals surface area (Å²) in [4.78, 5) is 4.94. The normalized spacial score (nSPS) is 11.2. The molecule has 0 aliphatic heterocycles. The lowest BCUT2D eigenvalue weighted by Gasteiger charge is -2.11. The van der Waals surface area contributed by atoms with Crippen molar-refractivity contribution in [3.05, 3.63) is 95.6 Å². The summed E-state index contributed by atoms with van der Waals surface area (Å²) in [5.74, 6) is 1.66. The Hall–Kier alpha value is -3.59. The van der Waals surface area contributed by atoms with E-state index in [0.29, 0.717) is 6.61 Å². The van der Waals surface area contributed by atoms with E-state index in [-0.39, 0.29) is 0 Å². The molecular weight excluding hydrogens is 358 g/mol. The number of pyridine rings is 1. The number of furan rings is 1. The molecule has 3 aromatic carbocycles. The standard InChI is InChI=1S/C26H21NO2/c1-17-12-15-23(28-16-19-8-4-3-5-9-19)21-13-14-22(27-25(17)21)26-18(2)20-10-6-7-11-24(20)29-26/h3-15H,16H2,1-2H3. The predicted octanol–water partition coefficient (Wildman–Crippen LogP) is 6.84. The third-order valence-corrected chi connectivity index (χ3v) is 5.33. The molecule has 0 spiro atoms. The maximum absolute atomic E-state index is 6.12. The zero-order chi connectivity index (χ0) is 19.8. The quantitative estimate of drug-likeness (QED) is 0.343. The van der Waals surface area contributed by atoms with Crippen molar-refractivity contribution in [2.75, 3.05) is 0 Å². The number of benzene rings is 3. The van der Waals surface area contributed by atoms with Gasteiger partial charge in [-0.1, -0.05) is 54.6 Å². The summed E-state index contributed by atoms with van der Waals surface area (Å²) in [7, 11) is 0. The molecule has 0 atom stereocenters. The van der Waals surface area contributed by atoms with Gasteiger partial charge in [-0.05, 0) is 49.2 Å². The molecule has 3 nitrogen and oxygen atoms in total. The minimum absolute atomic E-state index is 0.531. The number of aryl methyl sites for hydroxylation is 2. The van der Waals surface area contributed by atoms with Crippen molar-refractivity contribution in [1.29, 1.82) is 0 Å². The molecule has 142 valence electrons. The molecule has 0 unspecified atom stereocenters. The van der Waals surface area contributed by atoms with Gasteiger partial charge in [-0.15, -0.1) is 0 Å². The predicted molar refractivity (Wildman–Crippen MR) is 117 cm³/mol. The number of aromatic nitrogens is 1. The first-order valence-electron chi connectivity index (χ1n) is 9.76. The first-order valence-corrected chi connectivity index (χ1v) is 9.76. The molecule has 0 N–H and O–H groups in total. The van der Waals surface area contributed by atoms with E-state index in [1.165, 1.54) is 0 Å². The Morgan fingerprint density at radius 3 is 2.41 bits per heavy atom. The van der Waals surface area contributed by atoms with Gasteiger partial charge in [0.15, 0.2) is 5.76 Å². The van der Waals surface area contributed by atoms with E-state index in [0.717, 1.165) is 55.8 Å². The van der Waals surface area contributed by atoms with E-state index >= 15 is 0 Å². The molecule has 5 aromatic rings. The highest BCUT2D eigenvalue weighted by Gasteiger charge is 2.15. The average Bonchev–Trinajstić information content (AvgIpc) is 3.11. The maximum atomic E-state index is 6.12. The summed E-state index contributed by atoms with van der Waals surface area (Å²) < 4.78 is 12.2. The topological polar surface area (TPSA) is 35.3 Å². The Balaban J connectivity index is 1.56. The van der Waals surface area contributed by atoms with Gasteiger partial charge in [-0.25, -0.2) is 4.98 Å². The molecule has 3 heteroatoms. The molecule has 0 aliphatic rings. The Labute approximate surface area is 169 Å². The number of hydrogen-bond donors (Lipinski definition) is 0. The minimum atomic E-state index is 0.531. The van der Waals surface area contributed by atoms with Crippen LogP contribution in [0.1, 0.15) is 16.7 Å². The Morgan fingerprint density at radius 2 is 1.59 bits per heavy atom. The molecule has 0 saturated carbocycles. The fourth-order valence-corrected chi connectivity index (χ4v) is 3.73. The number of hydrogen-bond acceptors (Lipinski definition) is 3. The van der Waals surface area contributed by atoms with Crippen LogP contribution >= 0.6 is 0 Å². The highest BCUT2D eigenvalue weighted by atomic mass is 16.5. The van der Waals surface area contributed by atoms with E-state index in [9.17, 15) is 0 Å². The van der Waals surface area contributed by atoms with Gasteiger partial charge in [0, 0.05) is 16.3 Å². The van der Waals surface area contributed by atoms with Gasteiger partial charge in [0.25, 0.3) is 0 Å². The van der Waals surface area contributed by atoms with E-state index in [4.69, 9.17) is 14.1 Å². The fourth-order valence-electron chi connectivity index (χ4n) is 3.73. The van der Waals surface area contributed by atoms with E-state index in [2.05, 4.69) is 44.2 Å². The van der Waals surface area contributed by atoms with Gasteiger partial charge < -0.3 is 9.15 Å². The van der Waals surface area contributed by atoms with Crippen molar-refractivity contribution in [2.24, 2.45) is 0 Å². The summed E-state index contributed by atoms with van der Waals surface area (Å²) in [5, 5.41) is 2.14. The Kier molecular flexibility index (Phi) is 4.28. The minimum Gasteiger partial charge on any atom is -0.488 e. The van der Waals surface area contributed by atoms with Crippen LogP contribution in [0.25, 0.3) is 33.3 Å². The van der Waals surface area contributed by atoms with Crippen molar-refractivity contribution in [1.82, 2.24) is 4.98 Å². The number of nitrogens with zero attached hydrogens (tertiary/aromatic N) is 1. The number of rotatable bonds is 4. The molecule has 0 bridgehead atoms. The van der Waals surface area contributed by atoms with Crippen molar-refractivity contribution in [3.8, 4) is 17.2 Å². The van der Waals surface area contributed by atoms with Gasteiger partial charge in [-0.2, -0.15) is 0 Å². The molecule has 0 radical (unpaired) electrons. The van der Waals surface area contributed by atoms with Crippen molar-refractivity contribution in [2.45, 2.75) is 20.5 Å². The third kappa shape index (κ3) is 3.15. The second-order valence-electron chi connectivity index (χ2n) is 7.30. The molecule has 2 heterocycles. The monoisotopic (exact) mass is 379 g/mol. The second kappa shape index (κ2) is 7.10. The summed E-state index contributed by atoms with van der Waals surface area (Å²) in [6.45, 7) is 4.69. The van der Waals surface area contributed by atoms with Crippen LogP contribution in [-0.2, 0) is 6.61 Å². The van der Waals surface area contributed by atoms with Gasteiger partial charge >= 0.3 is 0 Å². The summed E-state index contributed by atoms with van der Waals surface area (Å²) >= 11 is 0. The number of ether oxygens (including phenoxy) is 1. The number of fused-ring (bicyclic) bond motifs is 2. The van der Waals surface area contributed by atoms with E-state index in [1.54, 1.807) is 0 Å². The van der Waals surface area contributed by atoms with Gasteiger partial charge in [0.1, 0.15) is 23.6 Å². The van der Waals surface area contributed by atoms with Crippen LogP contribution in [0.15, 0.2) is 83.3 Å². The molecule has 0 saturated heterocycles. The van der Waals surface area contributed by atoms with Crippen LogP contribution in [-0.4, -0.2) is 4.98 Å². The van der Waals surface area contributed by atoms with Crippen LogP contribution in [0, 0.1) is 13.8 Å². The second-order valence-corrected chi connectivity index (χ2v) is 7.30. The molecule has 5 rings (SSSR count). The summed E-state index contributed by atoms with van der Waals surface area (Å²) in [5.41, 5.74) is 6.04. The van der Waals surface area contributed by atoms with Crippen molar-refractivity contribution in [3.63, 3.8) is 0 Å². The molecule has 29 heavy (non-hydrogen) atoms. The SMILES string of the molecule is Cc1c(-c2ccc3c(OCc4ccccc4)ccc(C)c3n2)oc2ccccc12. The summed E-state index contributed by atoms with van der Waals surface area (Å²) in [6.07, 6.45) is 0. The van der Waals surface area contributed by atoms with Crippen LogP contribution in [0.5, 0.6) is 5.75 Å². The first kappa shape index (κ1) is 17.5. The van der Waals surface area contributed by atoms with Gasteiger partial charge in [0.05, 0.1) is 5.52 Å². The van der Waals surface area contributed by atoms with Crippen LogP contribution in [0.4, 0.5) is 0 Å². The van der Waals surface area contributed by atoms with Gasteiger partial charge in [0.2, 0.25) is 0 Å². The van der Waals surface area contributed by atoms with Crippen LogP contribution in [0.2, 0.25) is 0 Å². The Morgan fingerprint density at radius 1 is 0.793 bits per heavy atom. The molecular formula is C26H21NO2. The Bertz CT molecular complexity index is 1320. The smallest absolute Gasteiger partial charge is 0.156 e. The highest BCUT2D eigenvalue weighted by molar-refractivity contribution is 5.91. The molecule has 0 aliphatic carbocycles. The molecule has 0 fully saturated rings. The maximum Gasteiger partial charge on any atom is 0.156 e. The lowest BCUT2D eigenvalue weighted by Crippen LogP contribution is -1.97. The lowest BCUT2D eigenvalue weighted by molar-refractivity contribution is 0.310. The van der Waals surface area contributed by atoms with Crippen LogP contribution < -0.4 is 4.74 Å². The van der Waals surface area contributed by atoms with Crippen molar-refractivity contribution < 1.29 is 9.15 Å². The first-order chi connectivity index (χ1) is 14.2. The van der Waals surface area contributed by atoms with E-state index in [1.807, 2.05) is 48.5 Å². The zero-order valence-electron chi connectivity index (χ0n) is 16.5. The zero-order valence-corrected chi connectivity index (χ0v) is 16.5. The molecule has 0 amide bonds. The third-order valence-electron chi connectivity index (χ3n) is 5.33. The molecule has 2 aromatic heterocycles. The van der Waals surface area contributed by atoms with Crippen LogP contribution in [0.3, 0.4) is 0 Å². The average molecular weight is 379 g/mol.